The van der Waals surface area contributed by atoms with E-state index >= 15 is 0 Å². The largest absolute Gasteiger partial charge is 0.135 e. The van der Waals surface area contributed by atoms with Crippen LogP contribution in [0, 0.1) is 6.92 Å². The van der Waals surface area contributed by atoms with Crippen molar-refractivity contribution >= 4 is 63.8 Å². The molecule has 8 aromatic rings. The lowest BCUT2D eigenvalue weighted by atomic mass is 9.94. The number of hydrogen-bond donors (Lipinski definition) is 0. The average Bonchev–Trinajstić information content (AvgIpc) is 3.37. The molecule has 7 aromatic carbocycles. The Bertz CT molecular complexity index is 2200. The molecule has 0 saturated carbocycles. The first-order valence-corrected chi connectivity index (χ1v) is 13.9. The lowest BCUT2D eigenvalue weighted by Crippen LogP contribution is -1.84. The molecule has 0 unspecified atom stereocenters. The number of hydrogen-bond acceptors (Lipinski definition) is 1. The summed E-state index contributed by atoms with van der Waals surface area (Å²) in [5, 5.41) is 10.5. The smallest absolute Gasteiger partial charge is 0.0436 e. The van der Waals surface area contributed by atoms with Crippen LogP contribution in [0.4, 0.5) is 0 Å². The molecule has 0 saturated heterocycles. The minimum absolute atomic E-state index is 1.26. The van der Waals surface area contributed by atoms with Crippen molar-refractivity contribution in [3.8, 4) is 22.3 Å². The van der Waals surface area contributed by atoms with Crippen LogP contribution in [0.15, 0.2) is 127 Å². The Morgan fingerprint density at radius 3 is 1.87 bits per heavy atom. The van der Waals surface area contributed by atoms with Crippen LogP contribution >= 0.6 is 11.3 Å². The Morgan fingerprint density at radius 1 is 0.447 bits per heavy atom. The molecule has 8 rings (SSSR count). The maximum Gasteiger partial charge on any atom is 0.0436 e. The molecule has 0 aliphatic carbocycles. The van der Waals surface area contributed by atoms with Crippen molar-refractivity contribution in [2.75, 3.05) is 0 Å². The van der Waals surface area contributed by atoms with Crippen LogP contribution in [-0.2, 0) is 0 Å². The van der Waals surface area contributed by atoms with Crippen molar-refractivity contribution in [3.63, 3.8) is 0 Å². The monoisotopic (exact) mass is 500 g/mol. The summed E-state index contributed by atoms with van der Waals surface area (Å²) in [6.07, 6.45) is 0. The highest BCUT2D eigenvalue weighted by Crippen LogP contribution is 2.42. The van der Waals surface area contributed by atoms with E-state index in [4.69, 9.17) is 0 Å². The Kier molecular flexibility index (Phi) is 4.71. The average molecular weight is 501 g/mol. The number of thiophene rings is 1. The predicted octanol–water partition coefficient (Wildman–Crippen LogP) is 11.2. The van der Waals surface area contributed by atoms with Crippen molar-refractivity contribution in [1.82, 2.24) is 0 Å². The minimum Gasteiger partial charge on any atom is -0.135 e. The van der Waals surface area contributed by atoms with Crippen LogP contribution in [0.25, 0.3) is 74.7 Å². The van der Waals surface area contributed by atoms with Crippen LogP contribution in [0.2, 0.25) is 0 Å². The molecule has 0 bridgehead atoms. The predicted molar refractivity (Wildman–Crippen MR) is 167 cm³/mol. The van der Waals surface area contributed by atoms with Crippen LogP contribution < -0.4 is 0 Å². The van der Waals surface area contributed by atoms with Gasteiger partial charge in [0.2, 0.25) is 0 Å². The molecule has 0 fully saturated rings. The van der Waals surface area contributed by atoms with Gasteiger partial charge < -0.3 is 0 Å². The number of rotatable bonds is 2. The molecule has 1 heterocycles. The van der Waals surface area contributed by atoms with E-state index in [2.05, 4.69) is 134 Å². The molecule has 0 nitrogen and oxygen atoms in total. The Balaban J connectivity index is 1.26. The summed E-state index contributed by atoms with van der Waals surface area (Å²) in [7, 11) is 0. The number of benzene rings is 7. The third-order valence-electron chi connectivity index (χ3n) is 7.96. The topological polar surface area (TPSA) is 0 Å². The zero-order valence-corrected chi connectivity index (χ0v) is 21.8. The molecule has 38 heavy (non-hydrogen) atoms. The third kappa shape index (κ3) is 3.29. The van der Waals surface area contributed by atoms with Crippen molar-refractivity contribution in [2.24, 2.45) is 0 Å². The first-order valence-electron chi connectivity index (χ1n) is 13.1. The van der Waals surface area contributed by atoms with Crippen LogP contribution in [-0.4, -0.2) is 0 Å². The van der Waals surface area contributed by atoms with Crippen LogP contribution in [0.3, 0.4) is 0 Å². The van der Waals surface area contributed by atoms with Gasteiger partial charge in [-0.3, -0.25) is 0 Å². The zero-order chi connectivity index (χ0) is 25.2. The van der Waals surface area contributed by atoms with Gasteiger partial charge in [0, 0.05) is 20.2 Å². The maximum absolute atomic E-state index is 2.36. The van der Waals surface area contributed by atoms with Crippen molar-refractivity contribution < 1.29 is 0 Å². The molecule has 1 heteroatoms. The Labute approximate surface area is 225 Å². The van der Waals surface area contributed by atoms with E-state index < -0.39 is 0 Å². The molecular formula is C37H24S. The van der Waals surface area contributed by atoms with Gasteiger partial charge in [-0.2, -0.15) is 0 Å². The van der Waals surface area contributed by atoms with Gasteiger partial charge in [-0.1, -0.05) is 103 Å². The lowest BCUT2D eigenvalue weighted by Gasteiger charge is -2.11. The van der Waals surface area contributed by atoms with E-state index in [9.17, 15) is 0 Å². The van der Waals surface area contributed by atoms with Crippen molar-refractivity contribution in [3.05, 3.63) is 133 Å². The van der Waals surface area contributed by atoms with Gasteiger partial charge in [0.05, 0.1) is 0 Å². The second-order valence-electron chi connectivity index (χ2n) is 10.2. The number of fused-ring (bicyclic) bond motifs is 7. The van der Waals surface area contributed by atoms with Crippen molar-refractivity contribution in [1.29, 1.82) is 0 Å². The summed E-state index contributed by atoms with van der Waals surface area (Å²) in [5.41, 5.74) is 6.45. The highest BCUT2D eigenvalue weighted by atomic mass is 32.1. The molecule has 0 spiro atoms. The molecule has 0 aliphatic rings. The Hall–Kier alpha value is -4.46. The van der Waals surface area contributed by atoms with Gasteiger partial charge in [-0.25, -0.2) is 0 Å². The van der Waals surface area contributed by atoms with Crippen LogP contribution in [0.1, 0.15) is 5.56 Å². The summed E-state index contributed by atoms with van der Waals surface area (Å²) in [4.78, 5) is 0. The Morgan fingerprint density at radius 2 is 1.05 bits per heavy atom. The van der Waals surface area contributed by atoms with E-state index in [0.29, 0.717) is 0 Å². The minimum atomic E-state index is 1.26. The fourth-order valence-electron chi connectivity index (χ4n) is 6.01. The highest BCUT2D eigenvalue weighted by Gasteiger charge is 2.13. The van der Waals surface area contributed by atoms with Crippen molar-refractivity contribution in [2.45, 2.75) is 6.92 Å². The molecular weight excluding hydrogens is 476 g/mol. The molecule has 0 radical (unpaired) electrons. The van der Waals surface area contributed by atoms with Crippen LogP contribution in [0.5, 0.6) is 0 Å². The second kappa shape index (κ2) is 8.28. The molecule has 0 atom stereocenters. The van der Waals surface area contributed by atoms with E-state index in [1.165, 1.54) is 80.3 Å². The summed E-state index contributed by atoms with van der Waals surface area (Å²) in [6, 6.07) is 47.0. The molecule has 0 amide bonds. The normalized spacial score (nSPS) is 11.8. The summed E-state index contributed by atoms with van der Waals surface area (Å²) < 4.78 is 2.73. The summed E-state index contributed by atoms with van der Waals surface area (Å²) >= 11 is 1.91. The van der Waals surface area contributed by atoms with Gasteiger partial charge in [0.15, 0.2) is 0 Å². The summed E-state index contributed by atoms with van der Waals surface area (Å²) in [5.74, 6) is 0. The van der Waals surface area contributed by atoms with E-state index in [-0.39, 0.29) is 0 Å². The fraction of sp³-hybridized carbons (Fsp3) is 0.0270. The van der Waals surface area contributed by atoms with E-state index in [1.807, 2.05) is 11.3 Å². The zero-order valence-electron chi connectivity index (χ0n) is 21.0. The van der Waals surface area contributed by atoms with Gasteiger partial charge in [-0.05, 0) is 91.3 Å². The molecule has 0 aliphatic heterocycles. The highest BCUT2D eigenvalue weighted by molar-refractivity contribution is 7.26. The first kappa shape index (κ1) is 21.6. The van der Waals surface area contributed by atoms with Gasteiger partial charge in [0.25, 0.3) is 0 Å². The molecule has 1 aromatic heterocycles. The SMILES string of the molecule is Cc1ccc(-c2ccc3c(ccc4cc(-c5ccc6ccccc6c5)ccc43)c2)c2sc3ccccc3c12. The quantitative estimate of drug-likeness (QED) is 0.207. The molecule has 178 valence electrons. The van der Waals surface area contributed by atoms with E-state index in [0.717, 1.165) is 0 Å². The summed E-state index contributed by atoms with van der Waals surface area (Å²) in [6.45, 7) is 2.23. The molecule has 0 N–H and O–H groups in total. The standard InChI is InChI=1S/C37H24S/c1-23-10-17-33(37-36(23)34-8-4-5-9-35(34)38-37)30-16-19-32-29(22-30)14-13-28-21-27(15-18-31(28)32)26-12-11-24-6-2-3-7-25(24)20-26/h2-22H,1H3. The fourth-order valence-corrected chi connectivity index (χ4v) is 7.32. The van der Waals surface area contributed by atoms with Gasteiger partial charge in [0.1, 0.15) is 0 Å². The first-order chi connectivity index (χ1) is 18.7. The van der Waals surface area contributed by atoms with Gasteiger partial charge in [-0.15, -0.1) is 11.3 Å². The second-order valence-corrected chi connectivity index (χ2v) is 11.3. The maximum atomic E-state index is 2.36. The number of aryl methyl sites for hydroxylation is 1. The lowest BCUT2D eigenvalue weighted by molar-refractivity contribution is 1.55. The van der Waals surface area contributed by atoms with Gasteiger partial charge >= 0.3 is 0 Å². The van der Waals surface area contributed by atoms with E-state index in [1.54, 1.807) is 0 Å². The third-order valence-corrected chi connectivity index (χ3v) is 9.17.